The highest BCUT2D eigenvalue weighted by Gasteiger charge is 2.14. The summed E-state index contributed by atoms with van der Waals surface area (Å²) in [6, 6.07) is 14.3. The third-order valence-corrected chi connectivity index (χ3v) is 5.58. The van der Waals surface area contributed by atoms with Crippen molar-refractivity contribution >= 4 is 27.7 Å². The molecule has 0 aliphatic heterocycles. The van der Waals surface area contributed by atoms with Gasteiger partial charge in [0, 0.05) is 17.1 Å². The quantitative estimate of drug-likeness (QED) is 0.407. The number of thioether (sulfide) groups is 1. The molecule has 0 saturated carbocycles. The highest BCUT2D eigenvalue weighted by molar-refractivity contribution is 7.99. The summed E-state index contributed by atoms with van der Waals surface area (Å²) in [7, 11) is -3.70. The molecule has 0 aromatic heterocycles. The van der Waals surface area contributed by atoms with E-state index in [9.17, 15) is 13.2 Å². The molecule has 24 heavy (non-hydrogen) atoms. The summed E-state index contributed by atoms with van der Waals surface area (Å²) in [4.78, 5) is 12.2. The van der Waals surface area contributed by atoms with E-state index >= 15 is 0 Å². The molecule has 0 unspecified atom stereocenters. The summed E-state index contributed by atoms with van der Waals surface area (Å²) in [5, 5.41) is 0. The predicted octanol–water partition coefficient (Wildman–Crippen LogP) is 3.62. The highest BCUT2D eigenvalue weighted by atomic mass is 32.2. The fourth-order valence-corrected chi connectivity index (χ4v) is 3.81. The summed E-state index contributed by atoms with van der Waals surface area (Å²) >= 11 is 1.51. The van der Waals surface area contributed by atoms with Crippen LogP contribution in [0.15, 0.2) is 58.3 Å². The lowest BCUT2D eigenvalue weighted by atomic mass is 10.1. The van der Waals surface area contributed by atoms with Crippen LogP contribution < -0.4 is 0 Å². The van der Waals surface area contributed by atoms with Gasteiger partial charge in [-0.25, -0.2) is 0 Å². The maximum Gasteiger partial charge on any atom is 0.296 e. The maximum absolute atomic E-state index is 12.0. The summed E-state index contributed by atoms with van der Waals surface area (Å²) in [6.45, 7) is 3.57. The van der Waals surface area contributed by atoms with Crippen LogP contribution in [0.1, 0.15) is 18.1 Å². The zero-order chi connectivity index (χ0) is 17.6. The van der Waals surface area contributed by atoms with Gasteiger partial charge in [0.05, 0.1) is 11.5 Å². The van der Waals surface area contributed by atoms with Crippen LogP contribution in [0.5, 0.6) is 0 Å². The van der Waals surface area contributed by atoms with Crippen LogP contribution in [0, 0.1) is 6.92 Å². The van der Waals surface area contributed by atoms with Gasteiger partial charge in [-0.2, -0.15) is 8.42 Å². The van der Waals surface area contributed by atoms with Crippen LogP contribution in [-0.4, -0.2) is 26.6 Å². The molecule has 0 amide bonds. The maximum atomic E-state index is 12.0. The number of Topliss-reactive ketones (excluding diaryl/α,β-unsaturated/α-hetero) is 1. The van der Waals surface area contributed by atoms with E-state index < -0.39 is 10.1 Å². The van der Waals surface area contributed by atoms with Crippen molar-refractivity contribution in [3.05, 3.63) is 59.7 Å². The van der Waals surface area contributed by atoms with E-state index in [1.807, 2.05) is 31.2 Å². The van der Waals surface area contributed by atoms with Gasteiger partial charge in [-0.05, 0) is 43.7 Å². The number of rotatable bonds is 8. The number of hydrogen-bond acceptors (Lipinski definition) is 5. The van der Waals surface area contributed by atoms with Crippen LogP contribution in [0.3, 0.4) is 0 Å². The van der Waals surface area contributed by atoms with Gasteiger partial charge in [0.25, 0.3) is 10.1 Å². The molecule has 4 nitrogen and oxygen atoms in total. The summed E-state index contributed by atoms with van der Waals surface area (Å²) in [6.07, 6.45) is 0.433. The molecule has 0 heterocycles. The molecule has 2 aromatic rings. The van der Waals surface area contributed by atoms with Gasteiger partial charge in [-0.15, -0.1) is 11.8 Å². The molecule has 2 aromatic carbocycles. The van der Waals surface area contributed by atoms with Gasteiger partial charge in [-0.1, -0.05) is 29.8 Å². The van der Waals surface area contributed by atoms with E-state index in [4.69, 9.17) is 4.18 Å². The first-order valence-electron chi connectivity index (χ1n) is 7.54. The fraction of sp³-hybridized carbons (Fsp3) is 0.278. The molecule has 0 aliphatic carbocycles. The van der Waals surface area contributed by atoms with Crippen molar-refractivity contribution in [2.75, 3.05) is 12.4 Å². The van der Waals surface area contributed by atoms with E-state index in [0.717, 1.165) is 16.0 Å². The standard InChI is InChI=1S/C18H20O4S2/c1-14-3-9-18(10-4-14)24(20,21)22-11-12-23-17-7-5-16(6-8-17)13-15(2)19/h3-10H,11-13H2,1-2H3. The molecule has 0 aliphatic rings. The largest absolute Gasteiger partial charge is 0.300 e. The Morgan fingerprint density at radius 2 is 1.67 bits per heavy atom. The Morgan fingerprint density at radius 1 is 1.04 bits per heavy atom. The van der Waals surface area contributed by atoms with E-state index in [1.54, 1.807) is 31.2 Å². The monoisotopic (exact) mass is 364 g/mol. The molecule has 128 valence electrons. The molecule has 0 fully saturated rings. The van der Waals surface area contributed by atoms with Crippen molar-refractivity contribution < 1.29 is 17.4 Å². The second kappa shape index (κ2) is 8.46. The third-order valence-electron chi connectivity index (χ3n) is 3.28. The Hall–Kier alpha value is -1.63. The van der Waals surface area contributed by atoms with E-state index in [0.29, 0.717) is 12.2 Å². The lowest BCUT2D eigenvalue weighted by Crippen LogP contribution is -2.08. The van der Waals surface area contributed by atoms with Gasteiger partial charge >= 0.3 is 0 Å². The Bertz CT molecular complexity index is 779. The summed E-state index contributed by atoms with van der Waals surface area (Å²) in [5.41, 5.74) is 1.97. The van der Waals surface area contributed by atoms with Crippen molar-refractivity contribution in [1.82, 2.24) is 0 Å². The van der Waals surface area contributed by atoms with Crippen LogP contribution in [0.2, 0.25) is 0 Å². The second-order valence-electron chi connectivity index (χ2n) is 5.46. The van der Waals surface area contributed by atoms with Gasteiger partial charge in [0.15, 0.2) is 0 Å². The first kappa shape index (κ1) is 18.7. The molecule has 0 atom stereocenters. The van der Waals surface area contributed by atoms with Gasteiger partial charge in [-0.3, -0.25) is 8.98 Å². The molecule has 6 heteroatoms. The average molecular weight is 364 g/mol. The second-order valence-corrected chi connectivity index (χ2v) is 8.24. The number of benzene rings is 2. The molecule has 0 radical (unpaired) electrons. The molecule has 0 N–H and O–H groups in total. The summed E-state index contributed by atoms with van der Waals surface area (Å²) < 4.78 is 29.1. The number of carbonyl (C=O) groups excluding carboxylic acids is 1. The minimum Gasteiger partial charge on any atom is -0.300 e. The van der Waals surface area contributed by atoms with E-state index in [1.165, 1.54) is 11.8 Å². The first-order valence-corrected chi connectivity index (χ1v) is 9.93. The van der Waals surface area contributed by atoms with Crippen molar-refractivity contribution in [2.24, 2.45) is 0 Å². The smallest absolute Gasteiger partial charge is 0.296 e. The Labute approximate surface area is 147 Å². The summed E-state index contributed by atoms with van der Waals surface area (Å²) in [5.74, 6) is 0.655. The lowest BCUT2D eigenvalue weighted by molar-refractivity contribution is -0.116. The highest BCUT2D eigenvalue weighted by Crippen LogP contribution is 2.20. The molecule has 0 saturated heterocycles. The minimum absolute atomic E-state index is 0.107. The topological polar surface area (TPSA) is 60.4 Å². The number of aryl methyl sites for hydroxylation is 1. The van der Waals surface area contributed by atoms with Crippen molar-refractivity contribution in [2.45, 2.75) is 30.1 Å². The molecular formula is C18H20O4S2. The number of hydrogen-bond donors (Lipinski definition) is 0. The average Bonchev–Trinajstić information content (AvgIpc) is 2.53. The van der Waals surface area contributed by atoms with Crippen LogP contribution in [-0.2, 0) is 25.5 Å². The van der Waals surface area contributed by atoms with Gasteiger partial charge < -0.3 is 0 Å². The van der Waals surface area contributed by atoms with Crippen molar-refractivity contribution in [1.29, 1.82) is 0 Å². The predicted molar refractivity (Wildman–Crippen MR) is 95.9 cm³/mol. The third kappa shape index (κ3) is 5.78. The van der Waals surface area contributed by atoms with Crippen molar-refractivity contribution in [3.63, 3.8) is 0 Å². The molecular weight excluding hydrogens is 344 g/mol. The normalized spacial score (nSPS) is 11.4. The lowest BCUT2D eigenvalue weighted by Gasteiger charge is -2.06. The van der Waals surface area contributed by atoms with Crippen LogP contribution >= 0.6 is 11.8 Å². The zero-order valence-electron chi connectivity index (χ0n) is 13.7. The molecule has 2 rings (SSSR count). The first-order chi connectivity index (χ1) is 11.4. The van der Waals surface area contributed by atoms with Gasteiger partial charge in [0.1, 0.15) is 5.78 Å². The zero-order valence-corrected chi connectivity index (χ0v) is 15.3. The van der Waals surface area contributed by atoms with E-state index in [2.05, 4.69) is 0 Å². The van der Waals surface area contributed by atoms with Gasteiger partial charge in [0.2, 0.25) is 0 Å². The number of carbonyl (C=O) groups is 1. The molecule has 0 spiro atoms. The minimum atomic E-state index is -3.70. The Kier molecular flexibility index (Phi) is 6.60. The number of ketones is 1. The van der Waals surface area contributed by atoms with Crippen LogP contribution in [0.25, 0.3) is 0 Å². The fourth-order valence-electron chi connectivity index (χ4n) is 2.07. The van der Waals surface area contributed by atoms with Crippen LogP contribution in [0.4, 0.5) is 0 Å². The molecule has 0 bridgehead atoms. The Morgan fingerprint density at radius 3 is 2.25 bits per heavy atom. The van der Waals surface area contributed by atoms with Crippen molar-refractivity contribution in [3.8, 4) is 0 Å². The Balaban J connectivity index is 1.82. The SMILES string of the molecule is CC(=O)Cc1ccc(SCCOS(=O)(=O)c2ccc(C)cc2)cc1. The van der Waals surface area contributed by atoms with E-state index in [-0.39, 0.29) is 17.3 Å².